The van der Waals surface area contributed by atoms with Gasteiger partial charge in [-0.25, -0.2) is 0 Å². The zero-order chi connectivity index (χ0) is 15.1. The third-order valence-electron chi connectivity index (χ3n) is 3.04. The fourth-order valence-corrected chi connectivity index (χ4v) is 2.09. The van der Waals surface area contributed by atoms with Gasteiger partial charge in [0.1, 0.15) is 0 Å². The Bertz CT molecular complexity index is 471. The number of hydrogen-bond donors (Lipinski definition) is 1. The van der Waals surface area contributed by atoms with E-state index in [0.29, 0.717) is 6.42 Å². The van der Waals surface area contributed by atoms with E-state index < -0.39 is 0 Å². The Morgan fingerprint density at radius 1 is 1.15 bits per heavy atom. The lowest BCUT2D eigenvalue weighted by atomic mass is 10.1. The number of ether oxygens (including phenoxy) is 1. The molecule has 4 nitrogen and oxygen atoms in total. The highest BCUT2D eigenvalue weighted by Gasteiger charge is 2.10. The molecule has 0 fully saturated rings. The van der Waals surface area contributed by atoms with E-state index >= 15 is 0 Å². The van der Waals surface area contributed by atoms with E-state index in [1.165, 1.54) is 0 Å². The number of anilines is 1. The standard InChI is InChI=1S/C16H23NO3/c1-5-6-7-15(19)20-10-14(18)17-16-12(3)8-11(2)9-13(16)4/h8-9H,5-7,10H2,1-4H3,(H,17,18). The third-order valence-corrected chi connectivity index (χ3v) is 3.04. The van der Waals surface area contributed by atoms with Gasteiger partial charge >= 0.3 is 5.97 Å². The van der Waals surface area contributed by atoms with Crippen LogP contribution < -0.4 is 5.32 Å². The summed E-state index contributed by atoms with van der Waals surface area (Å²) in [5.74, 6) is -0.621. The minimum Gasteiger partial charge on any atom is -0.456 e. The van der Waals surface area contributed by atoms with E-state index in [1.807, 2.05) is 39.8 Å². The highest BCUT2D eigenvalue weighted by molar-refractivity contribution is 5.94. The number of hydrogen-bond acceptors (Lipinski definition) is 3. The van der Waals surface area contributed by atoms with Gasteiger partial charge in [0.2, 0.25) is 0 Å². The molecule has 0 spiro atoms. The van der Waals surface area contributed by atoms with Gasteiger partial charge in [-0.15, -0.1) is 0 Å². The number of aryl methyl sites for hydroxylation is 3. The van der Waals surface area contributed by atoms with Crippen molar-refractivity contribution in [1.82, 2.24) is 0 Å². The van der Waals surface area contributed by atoms with Crippen LogP contribution in [0.3, 0.4) is 0 Å². The number of benzene rings is 1. The number of nitrogens with one attached hydrogen (secondary N) is 1. The molecule has 0 aliphatic rings. The first-order chi connectivity index (χ1) is 9.43. The first-order valence-corrected chi connectivity index (χ1v) is 6.97. The Kier molecular flexibility index (Phi) is 6.22. The summed E-state index contributed by atoms with van der Waals surface area (Å²) in [5, 5.41) is 2.80. The van der Waals surface area contributed by atoms with Crippen LogP contribution in [0.4, 0.5) is 5.69 Å². The van der Waals surface area contributed by atoms with Crippen LogP contribution in [0.25, 0.3) is 0 Å². The Labute approximate surface area is 120 Å². The molecule has 0 radical (unpaired) electrons. The monoisotopic (exact) mass is 277 g/mol. The average Bonchev–Trinajstić information content (AvgIpc) is 2.38. The van der Waals surface area contributed by atoms with Crippen LogP contribution in [0.15, 0.2) is 12.1 Å². The third kappa shape index (κ3) is 5.03. The molecule has 1 N–H and O–H groups in total. The van der Waals surface area contributed by atoms with E-state index in [1.54, 1.807) is 0 Å². The number of rotatable bonds is 6. The summed E-state index contributed by atoms with van der Waals surface area (Å²) in [6, 6.07) is 4.02. The van der Waals surface area contributed by atoms with E-state index in [2.05, 4.69) is 5.32 Å². The molecular formula is C16H23NO3. The smallest absolute Gasteiger partial charge is 0.306 e. The van der Waals surface area contributed by atoms with Crippen molar-refractivity contribution < 1.29 is 14.3 Å². The van der Waals surface area contributed by atoms with Gasteiger partial charge in [-0.1, -0.05) is 31.0 Å². The van der Waals surface area contributed by atoms with Gasteiger partial charge in [0.15, 0.2) is 6.61 Å². The van der Waals surface area contributed by atoms with Crippen molar-refractivity contribution in [3.63, 3.8) is 0 Å². The Hall–Kier alpha value is -1.84. The Balaban J connectivity index is 2.53. The van der Waals surface area contributed by atoms with Crippen LogP contribution in [-0.2, 0) is 14.3 Å². The largest absolute Gasteiger partial charge is 0.456 e. The lowest BCUT2D eigenvalue weighted by Crippen LogP contribution is -2.21. The van der Waals surface area contributed by atoms with Crippen LogP contribution in [0.1, 0.15) is 42.9 Å². The fourth-order valence-electron chi connectivity index (χ4n) is 2.09. The first-order valence-electron chi connectivity index (χ1n) is 6.97. The number of unbranched alkanes of at least 4 members (excludes halogenated alkanes) is 1. The summed E-state index contributed by atoms with van der Waals surface area (Å²) >= 11 is 0. The van der Waals surface area contributed by atoms with Crippen LogP contribution in [0.2, 0.25) is 0 Å². The molecule has 1 amide bonds. The molecule has 0 aliphatic carbocycles. The minimum absolute atomic E-state index is 0.227. The zero-order valence-electron chi connectivity index (χ0n) is 12.7. The van der Waals surface area contributed by atoms with E-state index in [9.17, 15) is 9.59 Å². The van der Waals surface area contributed by atoms with Crippen LogP contribution in [0, 0.1) is 20.8 Å². The normalized spacial score (nSPS) is 10.2. The first kappa shape index (κ1) is 16.2. The predicted molar refractivity (Wildman–Crippen MR) is 79.8 cm³/mol. The quantitative estimate of drug-likeness (QED) is 0.812. The highest BCUT2D eigenvalue weighted by Crippen LogP contribution is 2.21. The van der Waals surface area contributed by atoms with Gasteiger partial charge < -0.3 is 10.1 Å². The molecule has 0 atom stereocenters. The highest BCUT2D eigenvalue weighted by atomic mass is 16.5. The molecule has 0 aliphatic heterocycles. The summed E-state index contributed by atoms with van der Waals surface area (Å²) in [6.45, 7) is 7.69. The second-order valence-electron chi connectivity index (χ2n) is 5.09. The maximum absolute atomic E-state index is 11.8. The van der Waals surface area contributed by atoms with Crippen molar-refractivity contribution in [2.75, 3.05) is 11.9 Å². The molecule has 110 valence electrons. The number of carbonyl (C=O) groups excluding carboxylic acids is 2. The average molecular weight is 277 g/mol. The second kappa shape index (κ2) is 7.68. The van der Waals surface area contributed by atoms with Gasteiger partial charge in [-0.3, -0.25) is 9.59 Å². The van der Waals surface area contributed by atoms with Crippen LogP contribution in [0.5, 0.6) is 0 Å². The second-order valence-corrected chi connectivity index (χ2v) is 5.09. The molecule has 0 unspecified atom stereocenters. The Morgan fingerprint density at radius 2 is 1.75 bits per heavy atom. The van der Waals surface area contributed by atoms with Crippen LogP contribution in [-0.4, -0.2) is 18.5 Å². The molecule has 0 aromatic heterocycles. The maximum Gasteiger partial charge on any atom is 0.306 e. The molecular weight excluding hydrogens is 254 g/mol. The SMILES string of the molecule is CCCCC(=O)OCC(=O)Nc1c(C)cc(C)cc1C. The van der Waals surface area contributed by atoms with Crippen molar-refractivity contribution >= 4 is 17.6 Å². The molecule has 20 heavy (non-hydrogen) atoms. The molecule has 1 aromatic carbocycles. The van der Waals surface area contributed by atoms with Crippen molar-refractivity contribution in [2.24, 2.45) is 0 Å². The van der Waals surface area contributed by atoms with Crippen molar-refractivity contribution in [3.8, 4) is 0 Å². The van der Waals surface area contributed by atoms with Gasteiger partial charge in [0.25, 0.3) is 5.91 Å². The van der Waals surface area contributed by atoms with E-state index in [4.69, 9.17) is 4.74 Å². The minimum atomic E-state index is -0.320. The fraction of sp³-hybridized carbons (Fsp3) is 0.500. The summed E-state index contributed by atoms with van der Waals surface area (Å²) < 4.78 is 4.93. The summed E-state index contributed by atoms with van der Waals surface area (Å²) in [6.07, 6.45) is 2.09. The Morgan fingerprint density at radius 3 is 2.30 bits per heavy atom. The number of amides is 1. The van der Waals surface area contributed by atoms with Crippen LogP contribution >= 0.6 is 0 Å². The van der Waals surface area contributed by atoms with Crippen molar-refractivity contribution in [2.45, 2.75) is 47.0 Å². The van der Waals surface area contributed by atoms with Crippen molar-refractivity contribution in [1.29, 1.82) is 0 Å². The van der Waals surface area contributed by atoms with E-state index in [0.717, 1.165) is 35.2 Å². The lowest BCUT2D eigenvalue weighted by Gasteiger charge is -2.13. The summed E-state index contributed by atoms with van der Waals surface area (Å²) in [7, 11) is 0. The van der Waals surface area contributed by atoms with E-state index in [-0.39, 0.29) is 18.5 Å². The molecule has 0 bridgehead atoms. The number of carbonyl (C=O) groups is 2. The van der Waals surface area contributed by atoms with Gasteiger partial charge in [-0.2, -0.15) is 0 Å². The maximum atomic E-state index is 11.8. The van der Waals surface area contributed by atoms with Gasteiger partial charge in [-0.05, 0) is 38.3 Å². The molecule has 1 aromatic rings. The zero-order valence-corrected chi connectivity index (χ0v) is 12.7. The lowest BCUT2D eigenvalue weighted by molar-refractivity contribution is -0.147. The molecule has 4 heteroatoms. The predicted octanol–water partition coefficient (Wildman–Crippen LogP) is 3.28. The topological polar surface area (TPSA) is 55.4 Å². The molecule has 0 saturated carbocycles. The van der Waals surface area contributed by atoms with Crippen molar-refractivity contribution in [3.05, 3.63) is 28.8 Å². The molecule has 0 heterocycles. The molecule has 0 saturated heterocycles. The summed E-state index contributed by atoms with van der Waals surface area (Å²) in [5.41, 5.74) is 3.97. The number of esters is 1. The van der Waals surface area contributed by atoms with Gasteiger partial charge in [0, 0.05) is 12.1 Å². The van der Waals surface area contributed by atoms with Gasteiger partial charge in [0.05, 0.1) is 0 Å². The summed E-state index contributed by atoms with van der Waals surface area (Å²) in [4.78, 5) is 23.1. The molecule has 1 rings (SSSR count).